The van der Waals surface area contributed by atoms with Crippen LogP contribution in [0.5, 0.6) is 5.75 Å². The molecule has 0 amide bonds. The maximum Gasteiger partial charge on any atom is 0.409 e. The molecule has 166 valence electrons. The number of nitrogens with one attached hydrogen (secondary N) is 1. The van der Waals surface area contributed by atoms with Gasteiger partial charge in [0.2, 0.25) is 0 Å². The molecule has 2 atom stereocenters. The van der Waals surface area contributed by atoms with Crippen LogP contribution in [0.25, 0.3) is 0 Å². The molecule has 7 nitrogen and oxygen atoms in total. The normalized spacial score (nSPS) is 17.6. The Balaban J connectivity index is 2.19. The average Bonchev–Trinajstić information content (AvgIpc) is 3.14. The largest absolute Gasteiger partial charge is 0.486 e. The summed E-state index contributed by atoms with van der Waals surface area (Å²) in [6, 6.07) is 7.48. The summed E-state index contributed by atoms with van der Waals surface area (Å²) in [6.45, 7) is -0.0411. The second kappa shape index (κ2) is 9.01. The first-order valence-electron chi connectivity index (χ1n) is 9.17. The van der Waals surface area contributed by atoms with Gasteiger partial charge < -0.3 is 14.8 Å². The van der Waals surface area contributed by atoms with Gasteiger partial charge in [0, 0.05) is 17.0 Å². The van der Waals surface area contributed by atoms with Crippen molar-refractivity contribution >= 4 is 28.9 Å². The SMILES string of the molecule is COC(=O)C1c2c(CCCl)c([N+](=O)[O-])cc(OCc3ccccc3)c2NC1C(F)(F)F. The molecule has 1 aliphatic heterocycles. The zero-order valence-corrected chi connectivity index (χ0v) is 17.0. The number of ether oxygens (including phenoxy) is 2. The van der Waals surface area contributed by atoms with E-state index >= 15 is 0 Å². The molecule has 2 aromatic carbocycles. The molecule has 3 rings (SSSR count). The predicted molar refractivity (Wildman–Crippen MR) is 107 cm³/mol. The monoisotopic (exact) mass is 458 g/mol. The van der Waals surface area contributed by atoms with Gasteiger partial charge in [0.05, 0.1) is 23.8 Å². The third-order valence-electron chi connectivity index (χ3n) is 4.95. The first-order valence-corrected chi connectivity index (χ1v) is 9.70. The fourth-order valence-electron chi connectivity index (χ4n) is 3.62. The highest BCUT2D eigenvalue weighted by Gasteiger charge is 2.55. The number of nitrogens with zero attached hydrogens (tertiary/aromatic N) is 1. The molecule has 0 bridgehead atoms. The highest BCUT2D eigenvalue weighted by Crippen LogP contribution is 2.51. The minimum absolute atomic E-state index is 0.0411. The summed E-state index contributed by atoms with van der Waals surface area (Å²) >= 11 is 5.77. The van der Waals surface area contributed by atoms with Crippen LogP contribution >= 0.6 is 11.6 Å². The Labute approximate surface area is 180 Å². The van der Waals surface area contributed by atoms with Gasteiger partial charge in [0.15, 0.2) is 0 Å². The van der Waals surface area contributed by atoms with Crippen molar-refractivity contribution in [3.63, 3.8) is 0 Å². The number of methoxy groups -OCH3 is 1. The number of nitro groups is 1. The average molecular weight is 459 g/mol. The fourth-order valence-corrected chi connectivity index (χ4v) is 3.81. The molecule has 0 aliphatic carbocycles. The molecule has 31 heavy (non-hydrogen) atoms. The number of fused-ring (bicyclic) bond motifs is 1. The summed E-state index contributed by atoms with van der Waals surface area (Å²) in [5.41, 5.74) is -0.122. The molecule has 2 aromatic rings. The standard InChI is InChI=1S/C20H18ClF3N2O5/c1-30-19(27)16-15-12(7-8-21)13(26(28)29)9-14(17(15)25-18(16)20(22,23)24)31-10-11-5-3-2-4-6-11/h2-6,9,16,18,25H,7-8,10H2,1H3. The maximum atomic E-state index is 13.8. The number of benzene rings is 2. The Morgan fingerprint density at radius 1 is 1.29 bits per heavy atom. The molecule has 0 saturated carbocycles. The molecule has 1 heterocycles. The van der Waals surface area contributed by atoms with Crippen molar-refractivity contribution in [1.29, 1.82) is 0 Å². The molecular weight excluding hydrogens is 441 g/mol. The highest BCUT2D eigenvalue weighted by atomic mass is 35.5. The maximum absolute atomic E-state index is 13.8. The van der Waals surface area contributed by atoms with Gasteiger partial charge in [-0.1, -0.05) is 30.3 Å². The van der Waals surface area contributed by atoms with E-state index in [0.29, 0.717) is 5.56 Å². The van der Waals surface area contributed by atoms with E-state index in [-0.39, 0.29) is 41.5 Å². The fraction of sp³-hybridized carbons (Fsp3) is 0.350. The van der Waals surface area contributed by atoms with E-state index in [2.05, 4.69) is 10.1 Å². The Morgan fingerprint density at radius 2 is 1.97 bits per heavy atom. The number of anilines is 1. The van der Waals surface area contributed by atoms with Crippen LogP contribution in [0, 0.1) is 10.1 Å². The van der Waals surface area contributed by atoms with E-state index in [1.807, 2.05) is 0 Å². The molecule has 0 radical (unpaired) electrons. The molecule has 0 aromatic heterocycles. The molecule has 0 fully saturated rings. The number of carbonyl (C=O) groups is 1. The van der Waals surface area contributed by atoms with E-state index < -0.39 is 34.7 Å². The molecular formula is C20H18ClF3N2O5. The topological polar surface area (TPSA) is 90.7 Å². The highest BCUT2D eigenvalue weighted by molar-refractivity contribution is 6.18. The smallest absolute Gasteiger partial charge is 0.409 e. The van der Waals surface area contributed by atoms with Gasteiger partial charge in [-0.2, -0.15) is 13.2 Å². The van der Waals surface area contributed by atoms with E-state index in [4.69, 9.17) is 16.3 Å². The Hall–Kier alpha value is -3.01. The van der Waals surface area contributed by atoms with Gasteiger partial charge in [-0.3, -0.25) is 14.9 Å². The van der Waals surface area contributed by atoms with Crippen molar-refractivity contribution in [2.45, 2.75) is 31.2 Å². The Bertz CT molecular complexity index is 985. The molecule has 11 heteroatoms. The molecule has 1 aliphatic rings. The first-order chi connectivity index (χ1) is 14.7. The van der Waals surface area contributed by atoms with Crippen molar-refractivity contribution in [3.8, 4) is 5.75 Å². The third-order valence-corrected chi connectivity index (χ3v) is 5.14. The lowest BCUT2D eigenvalue weighted by Crippen LogP contribution is -2.40. The minimum Gasteiger partial charge on any atom is -0.486 e. The number of hydrogen-bond donors (Lipinski definition) is 1. The lowest BCUT2D eigenvalue weighted by atomic mass is 9.88. The Kier molecular flexibility index (Phi) is 6.59. The lowest BCUT2D eigenvalue weighted by molar-refractivity contribution is -0.385. The van der Waals surface area contributed by atoms with E-state index in [1.165, 1.54) is 0 Å². The third kappa shape index (κ3) is 4.53. The number of carbonyl (C=O) groups excluding carboxylic acids is 1. The van der Waals surface area contributed by atoms with Crippen LogP contribution in [0.15, 0.2) is 36.4 Å². The summed E-state index contributed by atoms with van der Waals surface area (Å²) in [5, 5.41) is 14.0. The van der Waals surface area contributed by atoms with Crippen molar-refractivity contribution < 1.29 is 32.4 Å². The summed E-state index contributed by atoms with van der Waals surface area (Å²) < 4.78 is 51.5. The minimum atomic E-state index is -4.83. The van der Waals surface area contributed by atoms with Gasteiger partial charge >= 0.3 is 12.1 Å². The second-order valence-electron chi connectivity index (χ2n) is 6.80. The zero-order chi connectivity index (χ0) is 22.8. The van der Waals surface area contributed by atoms with Gasteiger partial charge in [-0.25, -0.2) is 0 Å². The summed E-state index contributed by atoms with van der Waals surface area (Å²) in [6.07, 6.45) is -4.94. The van der Waals surface area contributed by atoms with Crippen molar-refractivity contribution in [2.75, 3.05) is 18.3 Å². The summed E-state index contributed by atoms with van der Waals surface area (Å²) in [7, 11) is 0.957. The second-order valence-corrected chi connectivity index (χ2v) is 7.17. The van der Waals surface area contributed by atoms with Crippen LogP contribution in [0.2, 0.25) is 0 Å². The molecule has 1 N–H and O–H groups in total. The summed E-state index contributed by atoms with van der Waals surface area (Å²) in [4.78, 5) is 23.3. The molecule has 2 unspecified atom stereocenters. The number of rotatable bonds is 7. The van der Waals surface area contributed by atoms with Crippen LogP contribution in [0.3, 0.4) is 0 Å². The number of nitro benzene ring substituents is 1. The van der Waals surface area contributed by atoms with Crippen LogP contribution in [-0.2, 0) is 22.6 Å². The zero-order valence-electron chi connectivity index (χ0n) is 16.2. The van der Waals surface area contributed by atoms with Gasteiger partial charge in [0.1, 0.15) is 24.3 Å². The van der Waals surface area contributed by atoms with Gasteiger partial charge in [-0.05, 0) is 12.0 Å². The summed E-state index contributed by atoms with van der Waals surface area (Å²) in [5.74, 6) is -3.26. The number of halogens is 4. The van der Waals surface area contributed by atoms with Crippen LogP contribution in [0.1, 0.15) is 22.6 Å². The molecule has 0 saturated heterocycles. The van der Waals surface area contributed by atoms with Gasteiger partial charge in [-0.15, -0.1) is 11.6 Å². The van der Waals surface area contributed by atoms with Crippen molar-refractivity contribution in [2.24, 2.45) is 0 Å². The van der Waals surface area contributed by atoms with Crippen molar-refractivity contribution in [3.05, 3.63) is 63.2 Å². The van der Waals surface area contributed by atoms with Gasteiger partial charge in [0.25, 0.3) is 5.69 Å². The van der Waals surface area contributed by atoms with Crippen LogP contribution in [0.4, 0.5) is 24.5 Å². The quantitative estimate of drug-likeness (QED) is 0.283. The van der Waals surface area contributed by atoms with E-state index in [1.54, 1.807) is 30.3 Å². The van der Waals surface area contributed by atoms with E-state index in [0.717, 1.165) is 13.2 Å². The molecule has 0 spiro atoms. The predicted octanol–water partition coefficient (Wildman–Crippen LogP) is 4.57. The van der Waals surface area contributed by atoms with Crippen LogP contribution < -0.4 is 10.1 Å². The number of hydrogen-bond acceptors (Lipinski definition) is 6. The Morgan fingerprint density at radius 3 is 2.52 bits per heavy atom. The van der Waals surface area contributed by atoms with Crippen molar-refractivity contribution in [1.82, 2.24) is 0 Å². The number of alkyl halides is 4. The van der Waals surface area contributed by atoms with E-state index in [9.17, 15) is 28.1 Å². The first kappa shape index (κ1) is 22.7. The lowest BCUT2D eigenvalue weighted by Gasteiger charge is -2.21. The van der Waals surface area contributed by atoms with Crippen LogP contribution in [-0.4, -0.2) is 36.1 Å². The number of esters is 1.